The number of aromatic nitrogens is 2. The molecule has 0 aliphatic rings. The minimum Gasteiger partial charge on any atom is -0.451 e. The highest BCUT2D eigenvalue weighted by molar-refractivity contribution is 6.02. The van der Waals surface area contributed by atoms with E-state index in [1.807, 2.05) is 6.92 Å². The number of carbonyl (C=O) groups is 2. The number of aromatic amines is 1. The third kappa shape index (κ3) is 5.40. The number of H-pyrrole nitrogens is 1. The Kier molecular flexibility index (Phi) is 7.32. The Morgan fingerprint density at radius 3 is 2.65 bits per heavy atom. The van der Waals surface area contributed by atoms with E-state index in [1.54, 1.807) is 24.3 Å². The number of nitrogens with one attached hydrogen (secondary N) is 2. The Labute approximate surface area is 152 Å². The van der Waals surface area contributed by atoms with Crippen LogP contribution in [-0.2, 0) is 9.53 Å². The number of hydrogen-bond donors (Lipinski definition) is 2. The molecule has 1 aromatic heterocycles. The molecule has 2 rings (SSSR count). The Morgan fingerprint density at radius 1 is 1.19 bits per heavy atom. The largest absolute Gasteiger partial charge is 0.451 e. The quantitative estimate of drug-likeness (QED) is 0.529. The van der Waals surface area contributed by atoms with Crippen LogP contribution in [0.4, 0.5) is 0 Å². The van der Waals surface area contributed by atoms with Gasteiger partial charge in [0.05, 0.1) is 5.39 Å². The highest BCUT2D eigenvalue weighted by Gasteiger charge is 2.17. The van der Waals surface area contributed by atoms with Crippen LogP contribution in [0.2, 0.25) is 0 Å². The van der Waals surface area contributed by atoms with Crippen molar-refractivity contribution in [1.82, 2.24) is 15.5 Å². The van der Waals surface area contributed by atoms with Crippen LogP contribution in [0.15, 0.2) is 29.1 Å². The molecule has 1 aromatic carbocycles. The standard InChI is InChI=1S/C19H25N3O4/c1-3-4-5-6-9-13(2)20-16(23)12-26-19(25)17-14-10-7-8-11-15(14)18(24)22-21-17/h7-8,10-11,13H,3-6,9,12H2,1-2H3,(H,20,23)(H,22,24)/t13-/m0/s1. The second kappa shape index (κ2) is 9.70. The second-order valence-electron chi connectivity index (χ2n) is 6.34. The average molecular weight is 359 g/mol. The molecule has 0 fully saturated rings. The van der Waals surface area contributed by atoms with Gasteiger partial charge in [0.1, 0.15) is 0 Å². The van der Waals surface area contributed by atoms with Crippen LogP contribution in [0.3, 0.4) is 0 Å². The van der Waals surface area contributed by atoms with Crippen molar-refractivity contribution in [2.75, 3.05) is 6.61 Å². The Balaban J connectivity index is 1.88. The van der Waals surface area contributed by atoms with E-state index in [0.717, 1.165) is 19.3 Å². The summed E-state index contributed by atoms with van der Waals surface area (Å²) in [4.78, 5) is 35.9. The normalized spacial score (nSPS) is 11.9. The predicted octanol–water partition coefficient (Wildman–Crippen LogP) is 2.56. The zero-order valence-corrected chi connectivity index (χ0v) is 15.2. The topological polar surface area (TPSA) is 101 Å². The maximum atomic E-state index is 12.2. The van der Waals surface area contributed by atoms with Crippen LogP contribution in [0.1, 0.15) is 56.4 Å². The van der Waals surface area contributed by atoms with Gasteiger partial charge in [-0.2, -0.15) is 5.10 Å². The van der Waals surface area contributed by atoms with Crippen LogP contribution in [0.5, 0.6) is 0 Å². The van der Waals surface area contributed by atoms with Gasteiger partial charge in [-0.05, 0) is 19.4 Å². The fourth-order valence-corrected chi connectivity index (χ4v) is 2.74. The van der Waals surface area contributed by atoms with Crippen molar-refractivity contribution in [3.8, 4) is 0 Å². The number of nitrogens with zero attached hydrogens (tertiary/aromatic N) is 1. The molecule has 0 aliphatic heterocycles. The number of esters is 1. The van der Waals surface area contributed by atoms with Gasteiger partial charge in [-0.1, -0.05) is 50.8 Å². The van der Waals surface area contributed by atoms with Crippen LogP contribution in [0.25, 0.3) is 10.8 Å². The van der Waals surface area contributed by atoms with Crippen LogP contribution in [-0.4, -0.2) is 34.7 Å². The minimum absolute atomic E-state index is 0.0133. The van der Waals surface area contributed by atoms with E-state index >= 15 is 0 Å². The Morgan fingerprint density at radius 2 is 1.92 bits per heavy atom. The van der Waals surface area contributed by atoms with Gasteiger partial charge in [0.25, 0.3) is 11.5 Å². The van der Waals surface area contributed by atoms with Crippen molar-refractivity contribution < 1.29 is 14.3 Å². The maximum Gasteiger partial charge on any atom is 0.359 e. The molecule has 1 amide bonds. The van der Waals surface area contributed by atoms with E-state index in [9.17, 15) is 14.4 Å². The Hall–Kier alpha value is -2.70. The SMILES string of the molecule is CCCCCC[C@H](C)NC(=O)COC(=O)c1n[nH]c(=O)c2ccccc12. The average Bonchev–Trinajstić information content (AvgIpc) is 2.64. The molecule has 0 saturated carbocycles. The molecule has 0 spiro atoms. The summed E-state index contributed by atoms with van der Waals surface area (Å²) in [6.07, 6.45) is 5.47. The molecule has 7 heteroatoms. The van der Waals surface area contributed by atoms with Gasteiger partial charge >= 0.3 is 5.97 Å². The summed E-state index contributed by atoms with van der Waals surface area (Å²) in [5.41, 5.74) is -0.396. The molecule has 0 saturated heterocycles. The third-order valence-corrected chi connectivity index (χ3v) is 4.12. The number of rotatable bonds is 9. The summed E-state index contributed by atoms with van der Waals surface area (Å²) in [7, 11) is 0. The minimum atomic E-state index is -0.747. The molecule has 26 heavy (non-hydrogen) atoms. The first-order valence-electron chi connectivity index (χ1n) is 8.96. The molecular formula is C19H25N3O4. The first-order chi connectivity index (χ1) is 12.5. The monoisotopic (exact) mass is 359 g/mol. The van der Waals surface area contributed by atoms with Gasteiger partial charge in [-0.15, -0.1) is 0 Å². The molecule has 0 bridgehead atoms. The molecule has 0 radical (unpaired) electrons. The highest BCUT2D eigenvalue weighted by atomic mass is 16.5. The van der Waals surface area contributed by atoms with E-state index in [-0.39, 0.29) is 29.8 Å². The molecular weight excluding hydrogens is 334 g/mol. The van der Waals surface area contributed by atoms with Gasteiger partial charge in [-0.25, -0.2) is 9.89 Å². The zero-order valence-electron chi connectivity index (χ0n) is 15.2. The number of fused-ring (bicyclic) bond motifs is 1. The van der Waals surface area contributed by atoms with Crippen molar-refractivity contribution in [3.05, 3.63) is 40.3 Å². The lowest BCUT2D eigenvalue weighted by Gasteiger charge is -2.13. The molecule has 0 aliphatic carbocycles. The van der Waals surface area contributed by atoms with E-state index in [4.69, 9.17) is 4.74 Å². The summed E-state index contributed by atoms with van der Waals surface area (Å²) < 4.78 is 5.05. The zero-order chi connectivity index (χ0) is 18.9. The fourth-order valence-electron chi connectivity index (χ4n) is 2.74. The smallest absolute Gasteiger partial charge is 0.359 e. The molecule has 2 aromatic rings. The number of benzene rings is 1. The van der Waals surface area contributed by atoms with Crippen molar-refractivity contribution >= 4 is 22.6 Å². The van der Waals surface area contributed by atoms with E-state index in [0.29, 0.717) is 10.8 Å². The first-order valence-corrected chi connectivity index (χ1v) is 8.96. The van der Waals surface area contributed by atoms with Gasteiger partial charge in [-0.3, -0.25) is 9.59 Å². The summed E-state index contributed by atoms with van der Waals surface area (Å²) in [6.45, 7) is 3.70. The van der Waals surface area contributed by atoms with E-state index in [2.05, 4.69) is 22.4 Å². The lowest BCUT2D eigenvalue weighted by molar-refractivity contribution is -0.124. The lowest BCUT2D eigenvalue weighted by atomic mass is 10.1. The number of carbonyl (C=O) groups excluding carboxylic acids is 2. The summed E-state index contributed by atoms with van der Waals surface area (Å²) >= 11 is 0. The number of unbranched alkanes of at least 4 members (excludes halogenated alkanes) is 3. The maximum absolute atomic E-state index is 12.2. The molecule has 1 atom stereocenters. The summed E-state index contributed by atoms with van der Waals surface area (Å²) in [6, 6.07) is 6.64. The number of ether oxygens (including phenoxy) is 1. The molecule has 0 unspecified atom stereocenters. The predicted molar refractivity (Wildman–Crippen MR) is 99.0 cm³/mol. The van der Waals surface area contributed by atoms with Crippen molar-refractivity contribution in [1.29, 1.82) is 0 Å². The Bertz CT molecular complexity index is 816. The van der Waals surface area contributed by atoms with Crippen molar-refractivity contribution in [2.24, 2.45) is 0 Å². The lowest BCUT2D eigenvalue weighted by Crippen LogP contribution is -2.36. The van der Waals surface area contributed by atoms with Crippen LogP contribution < -0.4 is 10.9 Å². The molecule has 2 N–H and O–H groups in total. The second-order valence-corrected chi connectivity index (χ2v) is 6.34. The van der Waals surface area contributed by atoms with Crippen molar-refractivity contribution in [3.63, 3.8) is 0 Å². The van der Waals surface area contributed by atoms with Crippen LogP contribution in [0, 0.1) is 0 Å². The van der Waals surface area contributed by atoms with Gasteiger partial charge in [0, 0.05) is 11.4 Å². The first kappa shape index (κ1) is 19.6. The van der Waals surface area contributed by atoms with E-state index < -0.39 is 5.97 Å². The molecule has 7 nitrogen and oxygen atoms in total. The van der Waals surface area contributed by atoms with E-state index in [1.165, 1.54) is 12.8 Å². The van der Waals surface area contributed by atoms with Crippen molar-refractivity contribution in [2.45, 2.75) is 52.0 Å². The highest BCUT2D eigenvalue weighted by Crippen LogP contribution is 2.13. The summed E-state index contributed by atoms with van der Waals surface area (Å²) in [5, 5.41) is 9.59. The summed E-state index contributed by atoms with van der Waals surface area (Å²) in [5.74, 6) is -1.10. The molecule has 140 valence electrons. The van der Waals surface area contributed by atoms with Gasteiger partial charge < -0.3 is 10.1 Å². The van der Waals surface area contributed by atoms with Gasteiger partial charge in [0.15, 0.2) is 12.3 Å². The molecule has 1 heterocycles. The third-order valence-electron chi connectivity index (χ3n) is 4.12. The number of hydrogen-bond acceptors (Lipinski definition) is 5. The van der Waals surface area contributed by atoms with Crippen LogP contribution >= 0.6 is 0 Å². The fraction of sp³-hybridized carbons (Fsp3) is 0.474. The number of amides is 1. The van der Waals surface area contributed by atoms with Gasteiger partial charge in [0.2, 0.25) is 0 Å².